The maximum Gasteiger partial charge on any atom is 0.306 e. The van der Waals surface area contributed by atoms with Crippen LogP contribution in [-0.2, 0) is 9.53 Å². The van der Waals surface area contributed by atoms with E-state index in [4.69, 9.17) is 9.84 Å². The first-order chi connectivity index (χ1) is 9.06. The molecule has 2 rings (SSSR count). The van der Waals surface area contributed by atoms with Crippen LogP contribution in [0.4, 0.5) is 0 Å². The van der Waals surface area contributed by atoms with E-state index in [1.165, 1.54) is 0 Å². The predicted octanol–water partition coefficient (Wildman–Crippen LogP) is 0.706. The number of hydrogen-bond donors (Lipinski definition) is 1. The summed E-state index contributed by atoms with van der Waals surface area (Å²) in [5.74, 6) is -1.05. The van der Waals surface area contributed by atoms with Crippen LogP contribution in [0.25, 0.3) is 0 Å². The molecule has 6 heteroatoms. The van der Waals surface area contributed by atoms with E-state index in [9.17, 15) is 9.59 Å². The van der Waals surface area contributed by atoms with Crippen LogP contribution in [0.2, 0.25) is 0 Å². The lowest BCUT2D eigenvalue weighted by molar-refractivity contribution is -0.141. The number of carbonyl (C=O) groups excluding carboxylic acids is 1. The lowest BCUT2D eigenvalue weighted by atomic mass is 10.1. The number of nitrogens with zero attached hydrogens (tertiary/aromatic N) is 2. The number of pyridine rings is 1. The highest BCUT2D eigenvalue weighted by molar-refractivity contribution is 5.94. The van der Waals surface area contributed by atoms with Crippen molar-refractivity contribution in [1.82, 2.24) is 9.88 Å². The molecule has 1 fully saturated rings. The van der Waals surface area contributed by atoms with E-state index in [0.29, 0.717) is 25.3 Å². The fourth-order valence-electron chi connectivity index (χ4n) is 2.00. The Kier molecular flexibility index (Phi) is 4.11. The fraction of sp³-hybridized carbons (Fsp3) is 0.462. The van der Waals surface area contributed by atoms with Gasteiger partial charge in [0.1, 0.15) is 0 Å². The minimum absolute atomic E-state index is 0.0874. The van der Waals surface area contributed by atoms with Crippen LogP contribution in [0.1, 0.15) is 22.5 Å². The predicted molar refractivity (Wildman–Crippen MR) is 66.9 cm³/mol. The van der Waals surface area contributed by atoms with Gasteiger partial charge in [0.05, 0.1) is 24.7 Å². The van der Waals surface area contributed by atoms with E-state index in [-0.39, 0.29) is 12.3 Å². The molecule has 0 aromatic carbocycles. The molecule has 1 aliphatic heterocycles. The third-order valence-corrected chi connectivity index (χ3v) is 2.99. The molecule has 1 saturated heterocycles. The van der Waals surface area contributed by atoms with Crippen molar-refractivity contribution >= 4 is 11.9 Å². The van der Waals surface area contributed by atoms with E-state index in [1.807, 2.05) is 6.92 Å². The van der Waals surface area contributed by atoms with Crippen LogP contribution < -0.4 is 0 Å². The Labute approximate surface area is 111 Å². The molecule has 1 N–H and O–H groups in total. The SMILES string of the molecule is Cc1ccc(C(=O)N2CCOC(CC(=O)O)C2)cn1. The second kappa shape index (κ2) is 5.79. The summed E-state index contributed by atoms with van der Waals surface area (Å²) in [7, 11) is 0. The summed E-state index contributed by atoms with van der Waals surface area (Å²) in [5, 5.41) is 8.74. The fourth-order valence-corrected chi connectivity index (χ4v) is 2.00. The first-order valence-corrected chi connectivity index (χ1v) is 6.11. The van der Waals surface area contributed by atoms with Crippen molar-refractivity contribution in [2.24, 2.45) is 0 Å². The average Bonchev–Trinajstić information content (AvgIpc) is 2.38. The van der Waals surface area contributed by atoms with Gasteiger partial charge in [-0.15, -0.1) is 0 Å². The Balaban J connectivity index is 2.02. The number of amides is 1. The van der Waals surface area contributed by atoms with Crippen molar-refractivity contribution in [3.8, 4) is 0 Å². The zero-order valence-electron chi connectivity index (χ0n) is 10.7. The first-order valence-electron chi connectivity index (χ1n) is 6.11. The number of carboxylic acids is 1. The number of aryl methyl sites for hydroxylation is 1. The highest BCUT2D eigenvalue weighted by Crippen LogP contribution is 2.12. The topological polar surface area (TPSA) is 79.7 Å². The molecular weight excluding hydrogens is 248 g/mol. The first kappa shape index (κ1) is 13.5. The summed E-state index contributed by atoms with van der Waals surface area (Å²) >= 11 is 0. The monoisotopic (exact) mass is 264 g/mol. The number of carboxylic acid groups (broad SMARTS) is 1. The highest BCUT2D eigenvalue weighted by atomic mass is 16.5. The number of ether oxygens (including phenoxy) is 1. The summed E-state index contributed by atoms with van der Waals surface area (Å²) < 4.78 is 5.33. The summed E-state index contributed by atoms with van der Waals surface area (Å²) in [6.07, 6.45) is 1.02. The zero-order valence-corrected chi connectivity index (χ0v) is 10.7. The van der Waals surface area contributed by atoms with Gasteiger partial charge in [-0.25, -0.2) is 0 Å². The third-order valence-electron chi connectivity index (χ3n) is 2.99. The summed E-state index contributed by atoms with van der Waals surface area (Å²) in [4.78, 5) is 28.6. The highest BCUT2D eigenvalue weighted by Gasteiger charge is 2.26. The molecule has 0 saturated carbocycles. The molecule has 19 heavy (non-hydrogen) atoms. The van der Waals surface area contributed by atoms with Gasteiger partial charge in [-0.05, 0) is 19.1 Å². The summed E-state index contributed by atoms with van der Waals surface area (Å²) in [6, 6.07) is 3.51. The molecule has 0 bridgehead atoms. The quantitative estimate of drug-likeness (QED) is 0.869. The smallest absolute Gasteiger partial charge is 0.306 e. The maximum absolute atomic E-state index is 12.2. The van der Waals surface area contributed by atoms with Gasteiger partial charge in [-0.3, -0.25) is 14.6 Å². The summed E-state index contributed by atoms with van der Waals surface area (Å²) in [5.41, 5.74) is 1.36. The van der Waals surface area contributed by atoms with E-state index >= 15 is 0 Å². The minimum atomic E-state index is -0.920. The van der Waals surface area contributed by atoms with Gasteiger partial charge in [0.2, 0.25) is 0 Å². The molecule has 1 aliphatic rings. The van der Waals surface area contributed by atoms with Crippen LogP contribution in [0, 0.1) is 6.92 Å². The van der Waals surface area contributed by atoms with Crippen molar-refractivity contribution in [2.75, 3.05) is 19.7 Å². The second-order valence-corrected chi connectivity index (χ2v) is 4.53. The van der Waals surface area contributed by atoms with Crippen molar-refractivity contribution in [3.05, 3.63) is 29.6 Å². The lowest BCUT2D eigenvalue weighted by Gasteiger charge is -2.32. The number of aromatic nitrogens is 1. The maximum atomic E-state index is 12.2. The van der Waals surface area contributed by atoms with Crippen molar-refractivity contribution < 1.29 is 19.4 Å². The van der Waals surface area contributed by atoms with Gasteiger partial charge < -0.3 is 14.7 Å². The number of carbonyl (C=O) groups is 2. The second-order valence-electron chi connectivity index (χ2n) is 4.53. The molecule has 1 aromatic rings. The number of hydrogen-bond acceptors (Lipinski definition) is 4. The van der Waals surface area contributed by atoms with Gasteiger partial charge in [-0.1, -0.05) is 0 Å². The number of morpholine rings is 1. The van der Waals surface area contributed by atoms with E-state index in [2.05, 4.69) is 4.98 Å². The number of rotatable bonds is 3. The van der Waals surface area contributed by atoms with E-state index in [1.54, 1.807) is 23.2 Å². The Morgan fingerprint density at radius 2 is 2.32 bits per heavy atom. The third kappa shape index (κ3) is 3.51. The van der Waals surface area contributed by atoms with Crippen molar-refractivity contribution in [1.29, 1.82) is 0 Å². The molecule has 1 aromatic heterocycles. The molecule has 1 unspecified atom stereocenters. The standard InChI is InChI=1S/C13H16N2O4/c1-9-2-3-10(7-14-9)13(18)15-4-5-19-11(8-15)6-12(16)17/h2-3,7,11H,4-6,8H2,1H3,(H,16,17). The number of aliphatic carboxylic acids is 1. The molecule has 0 aliphatic carbocycles. The molecule has 102 valence electrons. The minimum Gasteiger partial charge on any atom is -0.481 e. The Morgan fingerprint density at radius 1 is 1.53 bits per heavy atom. The van der Waals surface area contributed by atoms with Crippen molar-refractivity contribution in [2.45, 2.75) is 19.4 Å². The molecule has 2 heterocycles. The molecule has 0 radical (unpaired) electrons. The Hall–Kier alpha value is -1.95. The van der Waals surface area contributed by atoms with Gasteiger partial charge in [0.15, 0.2) is 0 Å². The van der Waals surface area contributed by atoms with Crippen LogP contribution >= 0.6 is 0 Å². The largest absolute Gasteiger partial charge is 0.481 e. The van der Waals surface area contributed by atoms with Crippen LogP contribution in [0.3, 0.4) is 0 Å². The molecule has 0 spiro atoms. The average molecular weight is 264 g/mol. The normalized spacial score (nSPS) is 19.2. The van der Waals surface area contributed by atoms with Gasteiger partial charge in [0, 0.05) is 25.0 Å². The Morgan fingerprint density at radius 3 is 2.95 bits per heavy atom. The van der Waals surface area contributed by atoms with Crippen molar-refractivity contribution in [3.63, 3.8) is 0 Å². The van der Waals surface area contributed by atoms with Gasteiger partial charge in [-0.2, -0.15) is 0 Å². The molecule has 1 amide bonds. The Bertz CT molecular complexity index is 472. The molecule has 6 nitrogen and oxygen atoms in total. The molecular formula is C13H16N2O4. The van der Waals surface area contributed by atoms with Gasteiger partial charge >= 0.3 is 5.97 Å². The molecule has 1 atom stereocenters. The summed E-state index contributed by atoms with van der Waals surface area (Å²) in [6.45, 7) is 3.00. The van der Waals surface area contributed by atoms with Crippen LogP contribution in [-0.4, -0.2) is 52.7 Å². The lowest BCUT2D eigenvalue weighted by Crippen LogP contribution is -2.46. The van der Waals surface area contributed by atoms with Gasteiger partial charge in [0.25, 0.3) is 5.91 Å². The van der Waals surface area contributed by atoms with Crippen LogP contribution in [0.5, 0.6) is 0 Å². The zero-order chi connectivity index (χ0) is 13.8. The van der Waals surface area contributed by atoms with E-state index in [0.717, 1.165) is 5.69 Å². The van der Waals surface area contributed by atoms with E-state index < -0.39 is 12.1 Å². The van der Waals surface area contributed by atoms with Crippen LogP contribution in [0.15, 0.2) is 18.3 Å².